The van der Waals surface area contributed by atoms with Gasteiger partial charge in [-0.25, -0.2) is 0 Å². The highest BCUT2D eigenvalue weighted by molar-refractivity contribution is 6.35. The van der Waals surface area contributed by atoms with E-state index in [1.165, 1.54) is 14.2 Å². The number of ether oxygens (including phenoxy) is 5. The van der Waals surface area contributed by atoms with Crippen molar-refractivity contribution in [2.24, 2.45) is 5.92 Å². The van der Waals surface area contributed by atoms with Crippen LogP contribution in [0.15, 0.2) is 42.2 Å². The fourth-order valence-electron chi connectivity index (χ4n) is 4.16. The molecule has 0 bridgehead atoms. The Morgan fingerprint density at radius 2 is 1.81 bits per heavy atom. The van der Waals surface area contributed by atoms with Gasteiger partial charge in [0, 0.05) is 23.8 Å². The molecule has 32 heavy (non-hydrogen) atoms. The molecule has 7 nitrogen and oxygen atoms in total. The summed E-state index contributed by atoms with van der Waals surface area (Å²) in [5.74, 6) is 1.19. The van der Waals surface area contributed by atoms with Crippen LogP contribution in [-0.4, -0.2) is 38.4 Å². The van der Waals surface area contributed by atoms with E-state index in [2.05, 4.69) is 0 Å². The van der Waals surface area contributed by atoms with Crippen molar-refractivity contribution < 1.29 is 28.5 Å². The second-order valence-corrected chi connectivity index (χ2v) is 8.12. The van der Waals surface area contributed by atoms with Crippen LogP contribution >= 0.6 is 11.6 Å². The smallest absolute Gasteiger partial charge is 0.231 e. The van der Waals surface area contributed by atoms with E-state index in [0.717, 1.165) is 11.3 Å². The summed E-state index contributed by atoms with van der Waals surface area (Å²) in [5, 5.41) is 8.42. The first-order valence-electron chi connectivity index (χ1n) is 10.1. The topological polar surface area (TPSA) is 87.1 Å². The second-order valence-electron chi connectivity index (χ2n) is 7.74. The molecule has 0 aromatic heterocycles. The number of carbonyl (C=O) groups excluding carboxylic acids is 1. The zero-order chi connectivity index (χ0) is 23.0. The summed E-state index contributed by atoms with van der Waals surface area (Å²) < 4.78 is 28.4. The zero-order valence-corrected chi connectivity index (χ0v) is 19.0. The highest BCUT2D eigenvalue weighted by Crippen LogP contribution is 2.54. The summed E-state index contributed by atoms with van der Waals surface area (Å²) in [6.45, 7) is 2.05. The quantitative estimate of drug-likeness (QED) is 0.667. The number of nitrogens with one attached hydrogen (secondary N) is 1. The van der Waals surface area contributed by atoms with Crippen LogP contribution in [0.1, 0.15) is 29.3 Å². The lowest BCUT2D eigenvalue weighted by molar-refractivity contribution is 0.00886. The van der Waals surface area contributed by atoms with Crippen molar-refractivity contribution in [3.05, 3.63) is 58.3 Å². The standard InChI is InChI=1S/C24H24ClNO6/c1-13-9-15(26)10-19(31-12-14-5-7-16(28-2)8-6-14)24(13)23(27)20-17(29-3)11-18(30-4)21(25)22(20)32-24/h5-8,10-11,13,26H,9,12H2,1-4H3. The lowest BCUT2D eigenvalue weighted by Crippen LogP contribution is -2.51. The Kier molecular flexibility index (Phi) is 5.77. The lowest BCUT2D eigenvalue weighted by Gasteiger charge is -2.37. The molecule has 1 spiro atoms. The van der Waals surface area contributed by atoms with Crippen molar-refractivity contribution in [2.45, 2.75) is 25.6 Å². The van der Waals surface area contributed by atoms with Gasteiger partial charge in [-0.15, -0.1) is 0 Å². The SMILES string of the molecule is COc1ccc(COC2=CC(=N)CC(C)C23Oc2c(Cl)c(OC)cc(OC)c2C3=O)cc1. The number of carbonyl (C=O) groups is 1. The second kappa shape index (κ2) is 8.39. The van der Waals surface area contributed by atoms with Gasteiger partial charge in [0.1, 0.15) is 34.4 Å². The van der Waals surface area contributed by atoms with E-state index in [1.54, 1.807) is 19.3 Å². The molecule has 2 atom stereocenters. The summed E-state index contributed by atoms with van der Waals surface area (Å²) in [5.41, 5.74) is 0.0445. The monoisotopic (exact) mass is 457 g/mol. The number of Topliss-reactive ketones (excluding diaryl/α,β-unsaturated/α-hetero) is 1. The molecule has 1 aliphatic carbocycles. The number of hydrogen-bond acceptors (Lipinski definition) is 7. The minimum atomic E-state index is -1.44. The number of hydrogen-bond donors (Lipinski definition) is 1. The number of halogens is 1. The molecule has 2 aliphatic rings. The minimum Gasteiger partial charge on any atom is -0.497 e. The van der Waals surface area contributed by atoms with Crippen LogP contribution in [0.25, 0.3) is 0 Å². The maximum absolute atomic E-state index is 13.8. The van der Waals surface area contributed by atoms with Crippen LogP contribution in [0.4, 0.5) is 0 Å². The Morgan fingerprint density at radius 1 is 1.12 bits per heavy atom. The van der Waals surface area contributed by atoms with Crippen LogP contribution in [0.3, 0.4) is 0 Å². The number of methoxy groups -OCH3 is 3. The molecule has 1 N–H and O–H groups in total. The maximum Gasteiger partial charge on any atom is 0.231 e. The Balaban J connectivity index is 1.74. The van der Waals surface area contributed by atoms with Crippen LogP contribution in [0.2, 0.25) is 5.02 Å². The van der Waals surface area contributed by atoms with E-state index in [-0.39, 0.29) is 40.4 Å². The molecule has 0 amide bonds. The summed E-state index contributed by atoms with van der Waals surface area (Å²) in [6, 6.07) is 8.98. The van der Waals surface area contributed by atoms with E-state index in [1.807, 2.05) is 31.2 Å². The van der Waals surface area contributed by atoms with Crippen molar-refractivity contribution in [1.82, 2.24) is 0 Å². The molecule has 0 saturated heterocycles. The molecule has 2 unspecified atom stereocenters. The predicted molar refractivity (Wildman–Crippen MR) is 120 cm³/mol. The van der Waals surface area contributed by atoms with E-state index in [0.29, 0.717) is 23.6 Å². The van der Waals surface area contributed by atoms with E-state index in [4.69, 9.17) is 40.7 Å². The molecule has 2 aromatic carbocycles. The molecule has 1 heterocycles. The highest BCUT2D eigenvalue weighted by atomic mass is 35.5. The average Bonchev–Trinajstić information content (AvgIpc) is 3.11. The Hall–Kier alpha value is -3.19. The van der Waals surface area contributed by atoms with Gasteiger partial charge in [-0.2, -0.15) is 0 Å². The average molecular weight is 458 g/mol. The summed E-state index contributed by atoms with van der Waals surface area (Å²) >= 11 is 6.50. The minimum absolute atomic E-state index is 0.191. The summed E-state index contributed by atoms with van der Waals surface area (Å²) in [7, 11) is 4.55. The van der Waals surface area contributed by atoms with Gasteiger partial charge >= 0.3 is 0 Å². The van der Waals surface area contributed by atoms with Gasteiger partial charge in [0.05, 0.1) is 21.3 Å². The zero-order valence-electron chi connectivity index (χ0n) is 18.3. The number of rotatable bonds is 6. The largest absolute Gasteiger partial charge is 0.497 e. The molecular formula is C24H24ClNO6. The fraction of sp³-hybridized carbons (Fsp3) is 0.333. The lowest BCUT2D eigenvalue weighted by atomic mass is 9.75. The Labute approximate surface area is 191 Å². The molecular weight excluding hydrogens is 434 g/mol. The van der Waals surface area contributed by atoms with Gasteiger partial charge in [-0.1, -0.05) is 30.7 Å². The van der Waals surface area contributed by atoms with E-state index in [9.17, 15) is 4.79 Å². The predicted octanol–water partition coefficient (Wildman–Crippen LogP) is 4.84. The van der Waals surface area contributed by atoms with Gasteiger partial charge < -0.3 is 29.1 Å². The Morgan fingerprint density at radius 3 is 2.44 bits per heavy atom. The van der Waals surface area contributed by atoms with E-state index < -0.39 is 5.60 Å². The molecule has 4 rings (SSSR count). The van der Waals surface area contributed by atoms with Gasteiger partial charge in [-0.05, 0) is 24.1 Å². The molecule has 8 heteroatoms. The fourth-order valence-corrected chi connectivity index (χ4v) is 4.43. The number of allylic oxidation sites excluding steroid dienone is 1. The number of benzene rings is 2. The number of ketones is 1. The molecule has 0 saturated carbocycles. The summed E-state index contributed by atoms with van der Waals surface area (Å²) in [6.07, 6.45) is 1.91. The maximum atomic E-state index is 13.8. The summed E-state index contributed by atoms with van der Waals surface area (Å²) in [4.78, 5) is 13.8. The van der Waals surface area contributed by atoms with Crippen molar-refractivity contribution in [2.75, 3.05) is 21.3 Å². The first-order chi connectivity index (χ1) is 15.3. The number of fused-ring (bicyclic) bond motifs is 1. The highest BCUT2D eigenvalue weighted by Gasteiger charge is 2.59. The van der Waals surface area contributed by atoms with Crippen molar-refractivity contribution in [3.63, 3.8) is 0 Å². The first kappa shape index (κ1) is 22.0. The van der Waals surface area contributed by atoms with Crippen LogP contribution < -0.4 is 18.9 Å². The van der Waals surface area contributed by atoms with Crippen molar-refractivity contribution in [1.29, 1.82) is 5.41 Å². The molecule has 1 aliphatic heterocycles. The molecule has 2 aromatic rings. The van der Waals surface area contributed by atoms with E-state index >= 15 is 0 Å². The molecule has 0 radical (unpaired) electrons. The first-order valence-corrected chi connectivity index (χ1v) is 10.5. The van der Waals surface area contributed by atoms with Gasteiger partial charge in [-0.3, -0.25) is 4.79 Å². The third kappa shape index (κ3) is 3.37. The third-order valence-corrected chi connectivity index (χ3v) is 6.22. The third-order valence-electron chi connectivity index (χ3n) is 5.86. The molecule has 168 valence electrons. The van der Waals surface area contributed by atoms with Gasteiger partial charge in [0.2, 0.25) is 11.4 Å². The van der Waals surface area contributed by atoms with Gasteiger partial charge in [0.25, 0.3) is 0 Å². The normalized spacial score (nSPS) is 21.7. The van der Waals surface area contributed by atoms with Gasteiger partial charge in [0.15, 0.2) is 11.5 Å². The van der Waals surface area contributed by atoms with Crippen molar-refractivity contribution in [3.8, 4) is 23.0 Å². The van der Waals surface area contributed by atoms with Crippen LogP contribution in [0, 0.1) is 11.3 Å². The van der Waals surface area contributed by atoms with Crippen LogP contribution in [0.5, 0.6) is 23.0 Å². The van der Waals surface area contributed by atoms with Crippen LogP contribution in [-0.2, 0) is 11.3 Å². The molecule has 0 fully saturated rings. The Bertz CT molecular complexity index is 1110. The van der Waals surface area contributed by atoms with Crippen molar-refractivity contribution >= 4 is 23.1 Å².